The normalized spacial score (nSPS) is 16.7. The Hall–Kier alpha value is -0.930. The predicted molar refractivity (Wildman–Crippen MR) is 154 cm³/mol. The van der Waals surface area contributed by atoms with E-state index in [0.717, 1.165) is 39.0 Å². The van der Waals surface area contributed by atoms with Gasteiger partial charge in [-0.1, -0.05) is 96.5 Å². The first kappa shape index (κ1) is 36.1. The van der Waals surface area contributed by atoms with Crippen LogP contribution in [-0.4, -0.2) is 45.2 Å². The molecule has 2 rings (SSSR count). The number of hydrogen-bond acceptors (Lipinski definition) is 4. The molecular formula is C32H57IN2O4. The average molecular weight is 661 g/mol. The average Bonchev–Trinajstić information content (AvgIpc) is 3.39. The predicted octanol–water partition coefficient (Wildman–Crippen LogP) is 4.17. The van der Waals surface area contributed by atoms with Gasteiger partial charge in [0.15, 0.2) is 11.9 Å². The highest BCUT2D eigenvalue weighted by Gasteiger charge is 2.26. The Balaban J connectivity index is 0.00000760. The van der Waals surface area contributed by atoms with Crippen LogP contribution in [0.5, 0.6) is 0 Å². The molecule has 0 saturated carbocycles. The van der Waals surface area contributed by atoms with Gasteiger partial charge in [-0.2, -0.15) is 0 Å². The fourth-order valence-electron chi connectivity index (χ4n) is 5.22. The third-order valence-electron chi connectivity index (χ3n) is 7.59. The Bertz CT molecular complexity index is 721. The topological polar surface area (TPSA) is 60.7 Å². The SMILES string of the molecule is CCCCCCCCCCCCCCCCOC[C@@H]1CO[C@@H](COC(=O)NCCc2cccc[n+]2CC)C1.[I-]. The second kappa shape index (κ2) is 24.8. The van der Waals surface area contributed by atoms with Gasteiger partial charge in [-0.25, -0.2) is 9.36 Å². The molecule has 226 valence electrons. The van der Waals surface area contributed by atoms with Crippen molar-refractivity contribution in [3.63, 3.8) is 0 Å². The molecule has 1 aliphatic rings. The zero-order valence-electron chi connectivity index (χ0n) is 25.0. The molecule has 0 spiro atoms. The second-order valence-corrected chi connectivity index (χ2v) is 11.0. The number of alkyl carbamates (subject to hydrolysis) is 1. The zero-order chi connectivity index (χ0) is 27.1. The largest absolute Gasteiger partial charge is 1.00 e. The summed E-state index contributed by atoms with van der Waals surface area (Å²) in [6.07, 6.45) is 22.6. The van der Waals surface area contributed by atoms with E-state index in [0.29, 0.717) is 25.7 Å². The summed E-state index contributed by atoms with van der Waals surface area (Å²) in [6.45, 7) is 8.47. The molecule has 1 saturated heterocycles. The lowest BCUT2D eigenvalue weighted by Gasteiger charge is -2.11. The summed E-state index contributed by atoms with van der Waals surface area (Å²) in [5, 5.41) is 2.85. The quantitative estimate of drug-likeness (QED) is 0.109. The van der Waals surface area contributed by atoms with Gasteiger partial charge < -0.3 is 43.5 Å². The van der Waals surface area contributed by atoms with Gasteiger partial charge in [-0.05, 0) is 19.8 Å². The van der Waals surface area contributed by atoms with Crippen molar-refractivity contribution in [3.8, 4) is 0 Å². The number of nitrogens with one attached hydrogen (secondary N) is 1. The van der Waals surface area contributed by atoms with Crippen LogP contribution >= 0.6 is 0 Å². The summed E-state index contributed by atoms with van der Waals surface area (Å²) in [6, 6.07) is 6.14. The molecule has 2 atom stereocenters. The van der Waals surface area contributed by atoms with E-state index in [4.69, 9.17) is 14.2 Å². The van der Waals surface area contributed by atoms with Gasteiger partial charge in [0.1, 0.15) is 13.2 Å². The number of hydrogen-bond donors (Lipinski definition) is 1. The molecule has 0 aromatic carbocycles. The van der Waals surface area contributed by atoms with Gasteiger partial charge in [-0.15, -0.1) is 0 Å². The number of halogens is 1. The lowest BCUT2D eigenvalue weighted by atomic mass is 10.0. The van der Waals surface area contributed by atoms with E-state index in [1.807, 2.05) is 12.1 Å². The van der Waals surface area contributed by atoms with Crippen LogP contribution in [0.3, 0.4) is 0 Å². The number of rotatable bonds is 23. The smallest absolute Gasteiger partial charge is 0.407 e. The van der Waals surface area contributed by atoms with Crippen molar-refractivity contribution in [2.45, 2.75) is 129 Å². The number of pyridine rings is 1. The van der Waals surface area contributed by atoms with Crippen molar-refractivity contribution in [1.29, 1.82) is 0 Å². The minimum atomic E-state index is -0.370. The number of ether oxygens (including phenoxy) is 3. The number of amides is 1. The van der Waals surface area contributed by atoms with E-state index in [9.17, 15) is 4.79 Å². The summed E-state index contributed by atoms with van der Waals surface area (Å²) in [7, 11) is 0. The molecule has 1 aromatic rings. The van der Waals surface area contributed by atoms with Crippen LogP contribution in [0.2, 0.25) is 0 Å². The lowest BCUT2D eigenvalue weighted by Crippen LogP contribution is -3.00. The fraction of sp³-hybridized carbons (Fsp3) is 0.812. The Morgan fingerprint density at radius 1 is 0.923 bits per heavy atom. The molecule has 1 fully saturated rings. The molecule has 1 N–H and O–H groups in total. The van der Waals surface area contributed by atoms with Gasteiger partial charge in [0, 0.05) is 37.6 Å². The van der Waals surface area contributed by atoms with Crippen molar-refractivity contribution < 1.29 is 47.5 Å². The number of aromatic nitrogens is 1. The maximum absolute atomic E-state index is 12.0. The lowest BCUT2D eigenvalue weighted by molar-refractivity contribution is -0.700. The van der Waals surface area contributed by atoms with Crippen molar-refractivity contribution in [1.82, 2.24) is 5.32 Å². The highest BCUT2D eigenvalue weighted by Crippen LogP contribution is 2.20. The summed E-state index contributed by atoms with van der Waals surface area (Å²) in [4.78, 5) is 12.0. The van der Waals surface area contributed by atoms with Crippen LogP contribution in [0.25, 0.3) is 0 Å². The van der Waals surface area contributed by atoms with Crippen molar-refractivity contribution in [2.75, 3.05) is 33.0 Å². The van der Waals surface area contributed by atoms with Gasteiger partial charge >= 0.3 is 6.09 Å². The number of carbonyl (C=O) groups excluding carboxylic acids is 1. The molecular weight excluding hydrogens is 603 g/mol. The minimum absolute atomic E-state index is 0. The summed E-state index contributed by atoms with van der Waals surface area (Å²) < 4.78 is 19.3. The summed E-state index contributed by atoms with van der Waals surface area (Å²) in [5.41, 5.74) is 1.20. The minimum Gasteiger partial charge on any atom is -1.00 e. The Morgan fingerprint density at radius 3 is 2.21 bits per heavy atom. The van der Waals surface area contributed by atoms with Crippen LogP contribution in [0.15, 0.2) is 24.4 Å². The molecule has 0 bridgehead atoms. The number of carbonyl (C=O) groups is 1. The van der Waals surface area contributed by atoms with E-state index in [1.54, 1.807) is 0 Å². The first-order chi connectivity index (χ1) is 18.7. The first-order valence-electron chi connectivity index (χ1n) is 15.8. The van der Waals surface area contributed by atoms with Crippen LogP contribution in [-0.2, 0) is 27.2 Å². The molecule has 1 aliphatic heterocycles. The zero-order valence-corrected chi connectivity index (χ0v) is 27.1. The molecule has 2 heterocycles. The third kappa shape index (κ3) is 18.2. The molecule has 7 heteroatoms. The number of aryl methyl sites for hydroxylation is 1. The molecule has 6 nitrogen and oxygen atoms in total. The highest BCUT2D eigenvalue weighted by molar-refractivity contribution is 5.67. The molecule has 39 heavy (non-hydrogen) atoms. The Labute approximate surface area is 256 Å². The standard InChI is InChI=1S/C32H56N2O4.HI/c1-3-5-6-7-8-9-10-11-12-13-14-15-16-19-24-36-26-29-25-31(37-27-29)28-38-32(35)33-22-21-30-20-17-18-23-34(30)4-2;/h17-18,20,23,29,31H,3-16,19,21-22,24-28H2,1-2H3;1H/t29-,31-;/m1./s1. The van der Waals surface area contributed by atoms with E-state index in [-0.39, 0.29) is 36.2 Å². The van der Waals surface area contributed by atoms with Crippen LogP contribution in [0, 0.1) is 5.92 Å². The summed E-state index contributed by atoms with van der Waals surface area (Å²) >= 11 is 0. The first-order valence-corrected chi connectivity index (χ1v) is 15.8. The maximum atomic E-state index is 12.0. The number of nitrogens with zero attached hydrogens (tertiary/aromatic N) is 1. The molecule has 0 unspecified atom stereocenters. The molecule has 0 radical (unpaired) electrons. The van der Waals surface area contributed by atoms with Crippen molar-refractivity contribution in [2.24, 2.45) is 5.92 Å². The highest BCUT2D eigenvalue weighted by atomic mass is 127. The van der Waals surface area contributed by atoms with Crippen LogP contribution < -0.4 is 33.9 Å². The number of unbranched alkanes of at least 4 members (excludes halogenated alkanes) is 13. The van der Waals surface area contributed by atoms with E-state index >= 15 is 0 Å². The van der Waals surface area contributed by atoms with Crippen LogP contribution in [0.4, 0.5) is 4.79 Å². The monoisotopic (exact) mass is 660 g/mol. The third-order valence-corrected chi connectivity index (χ3v) is 7.59. The van der Waals surface area contributed by atoms with Gasteiger partial charge in [0.05, 0.1) is 19.3 Å². The van der Waals surface area contributed by atoms with Gasteiger partial charge in [0.25, 0.3) is 0 Å². The van der Waals surface area contributed by atoms with E-state index < -0.39 is 0 Å². The maximum Gasteiger partial charge on any atom is 0.407 e. The van der Waals surface area contributed by atoms with Crippen LogP contribution in [0.1, 0.15) is 116 Å². The Morgan fingerprint density at radius 2 is 1.56 bits per heavy atom. The van der Waals surface area contributed by atoms with Crippen molar-refractivity contribution >= 4 is 6.09 Å². The molecule has 1 amide bonds. The Kier molecular flexibility index (Phi) is 23.0. The second-order valence-electron chi connectivity index (χ2n) is 11.0. The fourth-order valence-corrected chi connectivity index (χ4v) is 5.22. The van der Waals surface area contributed by atoms with E-state index in [1.165, 1.54) is 89.2 Å². The van der Waals surface area contributed by atoms with E-state index in [2.05, 4.69) is 36.0 Å². The molecule has 0 aliphatic carbocycles. The van der Waals surface area contributed by atoms with Gasteiger partial charge in [-0.3, -0.25) is 0 Å². The van der Waals surface area contributed by atoms with Gasteiger partial charge in [0.2, 0.25) is 0 Å². The van der Waals surface area contributed by atoms with Crippen molar-refractivity contribution in [3.05, 3.63) is 30.1 Å². The summed E-state index contributed by atoms with van der Waals surface area (Å²) in [5.74, 6) is 0.404. The molecule has 1 aromatic heterocycles.